The van der Waals surface area contributed by atoms with Crippen molar-refractivity contribution in [1.82, 2.24) is 5.32 Å². The Balaban J connectivity index is 1.79. The molecule has 1 heterocycles. The molecule has 4 nitrogen and oxygen atoms in total. The summed E-state index contributed by atoms with van der Waals surface area (Å²) in [5.41, 5.74) is 0. The smallest absolute Gasteiger partial charge is 0.404 e. The highest BCUT2D eigenvalue weighted by Crippen LogP contribution is 2.30. The summed E-state index contributed by atoms with van der Waals surface area (Å²) in [4.78, 5) is 10.6. The monoisotopic (exact) mass is 213 g/mol. The van der Waals surface area contributed by atoms with Gasteiger partial charge in [-0.25, -0.2) is 4.79 Å². The van der Waals surface area contributed by atoms with Crippen LogP contribution in [0.5, 0.6) is 0 Å². The maximum absolute atomic E-state index is 10.6. The zero-order valence-electron chi connectivity index (χ0n) is 8.95. The van der Waals surface area contributed by atoms with Crippen LogP contribution in [0.1, 0.15) is 38.5 Å². The summed E-state index contributed by atoms with van der Waals surface area (Å²) in [6, 6.07) is 0.0191. The molecule has 1 saturated carbocycles. The fourth-order valence-electron chi connectivity index (χ4n) is 2.53. The molecule has 0 radical (unpaired) electrons. The molecule has 15 heavy (non-hydrogen) atoms. The topological polar surface area (TPSA) is 61.9 Å². The van der Waals surface area contributed by atoms with Crippen molar-refractivity contribution in [3.63, 3.8) is 0 Å². The molecule has 1 saturated heterocycles. The number of nitrogens with one attached hydrogen (secondary N) is 1. The molecule has 2 atom stereocenters. The van der Waals surface area contributed by atoms with Crippen LogP contribution in [-0.4, -0.2) is 30.0 Å². The second-order valence-corrected chi connectivity index (χ2v) is 4.67. The molecule has 2 rings (SSSR count). The van der Waals surface area contributed by atoms with Gasteiger partial charge in [-0.15, -0.1) is 0 Å². The van der Waals surface area contributed by atoms with E-state index in [0.717, 1.165) is 13.0 Å². The summed E-state index contributed by atoms with van der Waals surface area (Å²) in [5.74, 6) is 0.694. The molecular formula is C11H19NO3. The molecule has 2 N–H and O–H groups in total. The molecule has 0 spiro atoms. The van der Waals surface area contributed by atoms with Crippen LogP contribution in [0.3, 0.4) is 0 Å². The van der Waals surface area contributed by atoms with Gasteiger partial charge < -0.3 is 15.2 Å². The van der Waals surface area contributed by atoms with Crippen LogP contribution in [0.15, 0.2) is 0 Å². The summed E-state index contributed by atoms with van der Waals surface area (Å²) in [7, 11) is 0. The number of carbonyl (C=O) groups is 1. The largest absolute Gasteiger partial charge is 0.465 e. The lowest BCUT2D eigenvalue weighted by molar-refractivity contribution is 0.179. The van der Waals surface area contributed by atoms with Crippen LogP contribution in [0.4, 0.5) is 4.79 Å². The van der Waals surface area contributed by atoms with Crippen molar-refractivity contribution >= 4 is 6.09 Å². The SMILES string of the molecule is O=C(O)N[C@@H](CC1CCCCC1)[C@H]1CO1. The molecule has 0 unspecified atom stereocenters. The molecule has 86 valence electrons. The summed E-state index contributed by atoms with van der Waals surface area (Å²) >= 11 is 0. The Kier molecular flexibility index (Phi) is 3.46. The van der Waals surface area contributed by atoms with Gasteiger partial charge in [-0.3, -0.25) is 0 Å². The normalized spacial score (nSPS) is 28.4. The van der Waals surface area contributed by atoms with E-state index in [4.69, 9.17) is 9.84 Å². The van der Waals surface area contributed by atoms with Crippen LogP contribution in [0.2, 0.25) is 0 Å². The Bertz CT molecular complexity index is 222. The van der Waals surface area contributed by atoms with Crippen molar-refractivity contribution in [3.8, 4) is 0 Å². The third-order valence-corrected chi connectivity index (χ3v) is 3.43. The van der Waals surface area contributed by atoms with Gasteiger partial charge in [-0.1, -0.05) is 32.1 Å². The molecule has 1 aliphatic carbocycles. The van der Waals surface area contributed by atoms with Crippen molar-refractivity contribution in [2.45, 2.75) is 50.7 Å². The maximum Gasteiger partial charge on any atom is 0.404 e. The van der Waals surface area contributed by atoms with Gasteiger partial charge in [0.2, 0.25) is 0 Å². The van der Waals surface area contributed by atoms with Gasteiger partial charge in [0, 0.05) is 0 Å². The number of amides is 1. The molecule has 4 heteroatoms. The molecular weight excluding hydrogens is 194 g/mol. The number of hydrogen-bond donors (Lipinski definition) is 2. The number of carboxylic acid groups (broad SMARTS) is 1. The van der Waals surface area contributed by atoms with Gasteiger partial charge in [0.05, 0.1) is 12.6 Å². The molecule has 0 aromatic carbocycles. The number of hydrogen-bond acceptors (Lipinski definition) is 2. The average molecular weight is 213 g/mol. The van der Waals surface area contributed by atoms with Gasteiger partial charge in [0.25, 0.3) is 0 Å². The van der Waals surface area contributed by atoms with E-state index in [2.05, 4.69) is 5.32 Å². The van der Waals surface area contributed by atoms with Gasteiger partial charge in [0.15, 0.2) is 0 Å². The van der Waals surface area contributed by atoms with Crippen LogP contribution in [-0.2, 0) is 4.74 Å². The number of rotatable bonds is 4. The second kappa shape index (κ2) is 4.84. The first-order valence-electron chi connectivity index (χ1n) is 5.87. The first kappa shape index (κ1) is 10.7. The third kappa shape index (κ3) is 3.38. The van der Waals surface area contributed by atoms with E-state index >= 15 is 0 Å². The van der Waals surface area contributed by atoms with Crippen LogP contribution in [0, 0.1) is 5.92 Å². The summed E-state index contributed by atoms with van der Waals surface area (Å²) < 4.78 is 5.19. The zero-order chi connectivity index (χ0) is 10.7. The average Bonchev–Trinajstić information content (AvgIpc) is 3.01. The highest BCUT2D eigenvalue weighted by molar-refractivity contribution is 5.65. The minimum atomic E-state index is -0.925. The molecule has 2 fully saturated rings. The van der Waals surface area contributed by atoms with Gasteiger partial charge in [-0.05, 0) is 12.3 Å². The van der Waals surface area contributed by atoms with Crippen molar-refractivity contribution in [2.75, 3.05) is 6.61 Å². The highest BCUT2D eigenvalue weighted by Gasteiger charge is 2.35. The lowest BCUT2D eigenvalue weighted by atomic mass is 9.84. The Labute approximate surface area is 90.0 Å². The van der Waals surface area contributed by atoms with Gasteiger partial charge in [0.1, 0.15) is 6.10 Å². The van der Waals surface area contributed by atoms with Crippen LogP contribution < -0.4 is 5.32 Å². The second-order valence-electron chi connectivity index (χ2n) is 4.67. The first-order chi connectivity index (χ1) is 7.25. The van der Waals surface area contributed by atoms with Crippen LogP contribution in [0.25, 0.3) is 0 Å². The van der Waals surface area contributed by atoms with Crippen molar-refractivity contribution < 1.29 is 14.6 Å². The van der Waals surface area contributed by atoms with Crippen molar-refractivity contribution in [1.29, 1.82) is 0 Å². The standard InChI is InChI=1S/C11H19NO3/c13-11(14)12-9(10-7-15-10)6-8-4-2-1-3-5-8/h8-10,12H,1-7H2,(H,13,14)/t9-,10+/m0/s1. The first-order valence-corrected chi connectivity index (χ1v) is 5.87. The zero-order valence-corrected chi connectivity index (χ0v) is 8.95. The highest BCUT2D eigenvalue weighted by atomic mass is 16.6. The van der Waals surface area contributed by atoms with Crippen LogP contribution >= 0.6 is 0 Å². The third-order valence-electron chi connectivity index (χ3n) is 3.43. The maximum atomic E-state index is 10.6. The predicted octanol–water partition coefficient (Wildman–Crippen LogP) is 1.99. The fourth-order valence-corrected chi connectivity index (χ4v) is 2.53. The molecule has 0 bridgehead atoms. The summed E-state index contributed by atoms with van der Waals surface area (Å²) in [6.45, 7) is 0.720. The lowest BCUT2D eigenvalue weighted by Gasteiger charge is -2.25. The van der Waals surface area contributed by atoms with Gasteiger partial charge in [-0.2, -0.15) is 0 Å². The quantitative estimate of drug-likeness (QED) is 0.702. The Morgan fingerprint density at radius 3 is 2.60 bits per heavy atom. The Hall–Kier alpha value is -0.770. The van der Waals surface area contributed by atoms with E-state index < -0.39 is 6.09 Å². The molecule has 1 amide bonds. The predicted molar refractivity (Wildman–Crippen MR) is 55.9 cm³/mol. The van der Waals surface area contributed by atoms with Crippen molar-refractivity contribution in [2.24, 2.45) is 5.92 Å². The Morgan fingerprint density at radius 2 is 2.07 bits per heavy atom. The van der Waals surface area contributed by atoms with E-state index in [0.29, 0.717) is 5.92 Å². The lowest BCUT2D eigenvalue weighted by Crippen LogP contribution is -2.39. The van der Waals surface area contributed by atoms with E-state index in [1.54, 1.807) is 0 Å². The van der Waals surface area contributed by atoms with E-state index in [1.165, 1.54) is 32.1 Å². The number of ether oxygens (including phenoxy) is 1. The number of epoxide rings is 1. The molecule has 0 aromatic rings. The summed E-state index contributed by atoms with van der Waals surface area (Å²) in [6.07, 6.45) is 6.63. The Morgan fingerprint density at radius 1 is 1.40 bits per heavy atom. The van der Waals surface area contributed by atoms with Crippen molar-refractivity contribution in [3.05, 3.63) is 0 Å². The van der Waals surface area contributed by atoms with E-state index in [1.807, 2.05) is 0 Å². The molecule has 0 aromatic heterocycles. The van der Waals surface area contributed by atoms with E-state index in [-0.39, 0.29) is 12.1 Å². The molecule has 2 aliphatic rings. The fraction of sp³-hybridized carbons (Fsp3) is 0.909. The summed E-state index contributed by atoms with van der Waals surface area (Å²) in [5, 5.41) is 11.3. The van der Waals surface area contributed by atoms with E-state index in [9.17, 15) is 4.79 Å². The molecule has 1 aliphatic heterocycles. The minimum absolute atomic E-state index is 0.0191. The van der Waals surface area contributed by atoms with Gasteiger partial charge >= 0.3 is 6.09 Å². The minimum Gasteiger partial charge on any atom is -0.465 e.